The number of para-hydroxylation sites is 1. The van der Waals surface area contributed by atoms with E-state index < -0.39 is 11.6 Å². The van der Waals surface area contributed by atoms with Crippen molar-refractivity contribution in [3.63, 3.8) is 0 Å². The highest BCUT2D eigenvalue weighted by atomic mass is 16.5. The quantitative estimate of drug-likeness (QED) is 0.569. The van der Waals surface area contributed by atoms with Crippen molar-refractivity contribution in [3.8, 4) is 0 Å². The molecule has 1 saturated carbocycles. The van der Waals surface area contributed by atoms with Crippen LogP contribution in [0.15, 0.2) is 39.5 Å². The summed E-state index contributed by atoms with van der Waals surface area (Å²) >= 11 is 0. The van der Waals surface area contributed by atoms with E-state index in [1.807, 2.05) is 0 Å². The molecule has 0 amide bonds. The van der Waals surface area contributed by atoms with E-state index in [9.17, 15) is 19.8 Å². The first-order chi connectivity index (χ1) is 13.0. The third-order valence-electron chi connectivity index (χ3n) is 4.62. The van der Waals surface area contributed by atoms with Crippen molar-refractivity contribution >= 4 is 16.9 Å². The number of aliphatic hydroxyl groups excluding tert-OH is 2. The van der Waals surface area contributed by atoms with E-state index in [4.69, 9.17) is 4.42 Å². The third kappa shape index (κ3) is 6.48. The zero-order valence-electron chi connectivity index (χ0n) is 15.9. The molecule has 3 rings (SSSR count). The first-order valence-electron chi connectivity index (χ1n) is 9.43. The molecular weight excluding hydrogens is 348 g/mol. The van der Waals surface area contributed by atoms with E-state index in [0.29, 0.717) is 23.3 Å². The zero-order valence-corrected chi connectivity index (χ0v) is 15.9. The summed E-state index contributed by atoms with van der Waals surface area (Å²) in [7, 11) is 1.22. The topological polar surface area (TPSA) is 97.0 Å². The summed E-state index contributed by atoms with van der Waals surface area (Å²) in [6, 6.07) is 8.43. The van der Waals surface area contributed by atoms with Gasteiger partial charge in [0.15, 0.2) is 0 Å². The Balaban J connectivity index is 0.000000199. The van der Waals surface area contributed by atoms with Gasteiger partial charge in [0.1, 0.15) is 11.1 Å². The van der Waals surface area contributed by atoms with Crippen LogP contribution in [0.5, 0.6) is 0 Å². The molecule has 148 valence electrons. The summed E-state index contributed by atoms with van der Waals surface area (Å²) in [5, 5.41) is 19.7. The number of unbranched alkanes of at least 4 members (excludes halogenated alkanes) is 1. The van der Waals surface area contributed by atoms with Crippen molar-refractivity contribution in [2.24, 2.45) is 5.92 Å². The van der Waals surface area contributed by atoms with Crippen LogP contribution in [-0.4, -0.2) is 35.5 Å². The van der Waals surface area contributed by atoms with E-state index in [1.54, 1.807) is 24.3 Å². The normalized spacial score (nSPS) is 15.6. The molecule has 6 nitrogen and oxygen atoms in total. The summed E-state index contributed by atoms with van der Waals surface area (Å²) in [5.41, 5.74) is -0.313. The summed E-state index contributed by atoms with van der Waals surface area (Å²) in [5.74, 6) is -0.184. The minimum absolute atomic E-state index is 0.0869. The van der Waals surface area contributed by atoms with Crippen LogP contribution in [0.3, 0.4) is 0 Å². The monoisotopic (exact) mass is 376 g/mol. The summed E-state index contributed by atoms with van der Waals surface area (Å²) in [6.45, 7) is 2.12. The van der Waals surface area contributed by atoms with Gasteiger partial charge in [-0.2, -0.15) is 0 Å². The Morgan fingerprint density at radius 2 is 2.00 bits per heavy atom. The number of rotatable bonds is 7. The highest BCUT2D eigenvalue weighted by Crippen LogP contribution is 2.34. The van der Waals surface area contributed by atoms with Crippen molar-refractivity contribution in [2.45, 2.75) is 57.7 Å². The molecule has 6 heteroatoms. The predicted octanol–water partition coefficient (Wildman–Crippen LogP) is 3.28. The molecule has 2 atom stereocenters. The van der Waals surface area contributed by atoms with E-state index in [1.165, 1.54) is 13.2 Å². The fourth-order valence-corrected chi connectivity index (χ4v) is 2.82. The van der Waals surface area contributed by atoms with Gasteiger partial charge in [-0.1, -0.05) is 38.0 Å². The molecule has 1 aromatic carbocycles. The molecule has 0 bridgehead atoms. The lowest BCUT2D eigenvalue weighted by Crippen LogP contribution is -2.19. The Hall–Kier alpha value is -2.18. The van der Waals surface area contributed by atoms with Crippen molar-refractivity contribution in [1.29, 1.82) is 0 Å². The van der Waals surface area contributed by atoms with E-state index >= 15 is 0 Å². The minimum Gasteiger partial charge on any atom is -0.465 e. The summed E-state index contributed by atoms with van der Waals surface area (Å²) in [6.07, 6.45) is 5.42. The molecule has 1 aliphatic rings. The van der Waals surface area contributed by atoms with E-state index in [2.05, 4.69) is 11.7 Å². The fourth-order valence-electron chi connectivity index (χ4n) is 2.82. The van der Waals surface area contributed by atoms with Gasteiger partial charge in [0, 0.05) is 5.39 Å². The molecular formula is C21H28O6. The third-order valence-corrected chi connectivity index (χ3v) is 4.62. The number of hydrogen-bond acceptors (Lipinski definition) is 6. The number of methoxy groups -OCH3 is 1. The second kappa shape index (κ2) is 10.2. The molecule has 0 saturated heterocycles. The first kappa shape index (κ1) is 21.1. The van der Waals surface area contributed by atoms with Gasteiger partial charge in [0.05, 0.1) is 19.3 Å². The smallest absolute Gasteiger partial charge is 0.351 e. The Morgan fingerprint density at radius 1 is 1.30 bits per heavy atom. The second-order valence-corrected chi connectivity index (χ2v) is 6.91. The van der Waals surface area contributed by atoms with Crippen molar-refractivity contribution < 1.29 is 24.2 Å². The molecule has 1 heterocycles. The molecule has 2 unspecified atom stereocenters. The number of hydrogen-bond donors (Lipinski definition) is 2. The maximum atomic E-state index is 11.4. The van der Waals surface area contributed by atoms with E-state index in [-0.39, 0.29) is 17.8 Å². The van der Waals surface area contributed by atoms with Gasteiger partial charge in [0.25, 0.3) is 0 Å². The molecule has 27 heavy (non-hydrogen) atoms. The second-order valence-electron chi connectivity index (χ2n) is 6.91. The lowest BCUT2D eigenvalue weighted by Gasteiger charge is -2.14. The Kier molecular flexibility index (Phi) is 8.00. The van der Waals surface area contributed by atoms with Crippen LogP contribution in [0.4, 0.5) is 0 Å². The Bertz CT molecular complexity index is 793. The van der Waals surface area contributed by atoms with Crippen LogP contribution in [0.25, 0.3) is 11.0 Å². The van der Waals surface area contributed by atoms with Crippen molar-refractivity contribution in [3.05, 3.63) is 46.3 Å². The molecule has 2 N–H and O–H groups in total. The standard InChI is InChI=1S/C11H8O4.C10H20O2/c1-14-10(12)8-6-7-4-2-3-5-9(7)15-11(8)13;1-2-3-4-9(11)7-10(12)8-5-6-8/h2-6H,1H3;8-12H,2-7H2,1H3. The average Bonchev–Trinajstić information content (AvgIpc) is 3.51. The number of carbonyl (C=O) groups excluding carboxylic acids is 1. The molecule has 2 aromatic rings. The highest BCUT2D eigenvalue weighted by Gasteiger charge is 2.30. The van der Waals surface area contributed by atoms with Crippen LogP contribution in [0.2, 0.25) is 0 Å². The first-order valence-corrected chi connectivity index (χ1v) is 9.43. The van der Waals surface area contributed by atoms with Gasteiger partial charge in [0.2, 0.25) is 0 Å². The van der Waals surface area contributed by atoms with E-state index in [0.717, 1.165) is 32.1 Å². The lowest BCUT2D eigenvalue weighted by molar-refractivity contribution is 0.0594. The molecule has 1 aliphatic carbocycles. The Morgan fingerprint density at radius 3 is 2.63 bits per heavy atom. The van der Waals surface area contributed by atoms with Gasteiger partial charge in [-0.05, 0) is 43.7 Å². The average molecular weight is 376 g/mol. The fraction of sp³-hybridized carbons (Fsp3) is 0.524. The Labute approximate surface area is 158 Å². The lowest BCUT2D eigenvalue weighted by atomic mass is 10.0. The van der Waals surface area contributed by atoms with Crippen molar-refractivity contribution in [1.82, 2.24) is 0 Å². The SMILES string of the molecule is CCCCC(O)CC(O)C1CC1.COC(=O)c1cc2ccccc2oc1=O. The number of fused-ring (bicyclic) bond motifs is 1. The molecule has 0 aliphatic heterocycles. The zero-order chi connectivity index (χ0) is 19.8. The molecule has 1 fully saturated rings. The number of carbonyl (C=O) groups is 1. The summed E-state index contributed by atoms with van der Waals surface area (Å²) < 4.78 is 9.43. The van der Waals surface area contributed by atoms with Crippen LogP contribution in [0.1, 0.15) is 55.8 Å². The van der Waals surface area contributed by atoms with Gasteiger partial charge in [-0.25, -0.2) is 9.59 Å². The van der Waals surface area contributed by atoms with Gasteiger partial charge in [-0.15, -0.1) is 0 Å². The highest BCUT2D eigenvalue weighted by molar-refractivity contribution is 5.92. The number of benzene rings is 1. The van der Waals surface area contributed by atoms with Crippen LogP contribution in [0, 0.1) is 5.92 Å². The number of ether oxygens (including phenoxy) is 1. The molecule has 0 spiro atoms. The predicted molar refractivity (Wildman–Crippen MR) is 103 cm³/mol. The minimum atomic E-state index is -0.686. The number of aliphatic hydroxyl groups is 2. The maximum absolute atomic E-state index is 11.4. The van der Waals surface area contributed by atoms with Gasteiger partial charge >= 0.3 is 11.6 Å². The largest absolute Gasteiger partial charge is 0.465 e. The number of esters is 1. The van der Waals surface area contributed by atoms with Crippen molar-refractivity contribution in [2.75, 3.05) is 7.11 Å². The summed E-state index contributed by atoms with van der Waals surface area (Å²) in [4.78, 5) is 22.6. The van der Waals surface area contributed by atoms with Gasteiger partial charge in [-0.3, -0.25) is 0 Å². The van der Waals surface area contributed by atoms with Crippen LogP contribution < -0.4 is 5.63 Å². The molecule has 0 radical (unpaired) electrons. The maximum Gasteiger partial charge on any atom is 0.351 e. The van der Waals surface area contributed by atoms with Crippen LogP contribution in [-0.2, 0) is 4.74 Å². The molecule has 1 aromatic heterocycles. The van der Waals surface area contributed by atoms with Crippen LogP contribution >= 0.6 is 0 Å². The van der Waals surface area contributed by atoms with Gasteiger partial charge < -0.3 is 19.4 Å².